The minimum atomic E-state index is -4.37. The zero-order valence-corrected chi connectivity index (χ0v) is 12.1. The third kappa shape index (κ3) is 5.05. The van der Waals surface area contributed by atoms with Crippen LogP contribution in [0.15, 0.2) is 4.34 Å². The highest BCUT2D eigenvalue weighted by Crippen LogP contribution is 2.20. The van der Waals surface area contributed by atoms with Crippen molar-refractivity contribution in [1.29, 1.82) is 0 Å². The van der Waals surface area contributed by atoms with Crippen molar-refractivity contribution < 1.29 is 33.0 Å². The van der Waals surface area contributed by atoms with Crippen molar-refractivity contribution in [3.8, 4) is 0 Å². The number of rotatable bonds is 7. The summed E-state index contributed by atoms with van der Waals surface area (Å²) < 4.78 is 24.8. The number of carboxylic acid groups (broad SMARTS) is 2. The van der Waals surface area contributed by atoms with Crippen LogP contribution in [0.4, 0.5) is 5.13 Å². The number of anilines is 1. The standard InChI is InChI=1S/C8H10N4O7S2/c1-3(13)9-7-10-11-8(20-7)21(18,19)12-4(6(16)17)2-5(14)15/h4,12H,2H2,1H3,(H,14,15)(H,16,17)(H,9,10,13)/t4-/m0/s1. The van der Waals surface area contributed by atoms with Gasteiger partial charge < -0.3 is 15.5 Å². The van der Waals surface area contributed by atoms with Gasteiger partial charge in [-0.3, -0.25) is 14.4 Å². The van der Waals surface area contributed by atoms with E-state index in [4.69, 9.17) is 10.2 Å². The van der Waals surface area contributed by atoms with E-state index in [1.54, 1.807) is 4.72 Å². The minimum Gasteiger partial charge on any atom is -0.481 e. The summed E-state index contributed by atoms with van der Waals surface area (Å²) in [6.07, 6.45) is -0.939. The molecule has 0 aliphatic rings. The largest absolute Gasteiger partial charge is 0.481 e. The number of nitrogens with one attached hydrogen (secondary N) is 2. The zero-order valence-electron chi connectivity index (χ0n) is 10.4. The van der Waals surface area contributed by atoms with E-state index < -0.39 is 44.7 Å². The fourth-order valence-electron chi connectivity index (χ4n) is 1.11. The van der Waals surface area contributed by atoms with Crippen LogP contribution in [0.1, 0.15) is 13.3 Å². The third-order valence-electron chi connectivity index (χ3n) is 1.89. The van der Waals surface area contributed by atoms with Crippen molar-refractivity contribution in [1.82, 2.24) is 14.9 Å². The molecule has 116 valence electrons. The van der Waals surface area contributed by atoms with Crippen molar-refractivity contribution in [2.45, 2.75) is 23.7 Å². The van der Waals surface area contributed by atoms with Crippen molar-refractivity contribution in [2.75, 3.05) is 5.32 Å². The van der Waals surface area contributed by atoms with E-state index in [-0.39, 0.29) is 5.13 Å². The summed E-state index contributed by atoms with van der Waals surface area (Å²) in [5, 5.41) is 26.1. The molecule has 1 aromatic heterocycles. The van der Waals surface area contributed by atoms with Gasteiger partial charge in [-0.05, 0) is 0 Å². The van der Waals surface area contributed by atoms with Gasteiger partial charge in [0.2, 0.25) is 15.4 Å². The molecule has 0 aliphatic heterocycles. The van der Waals surface area contributed by atoms with Crippen LogP contribution < -0.4 is 10.0 Å². The fraction of sp³-hybridized carbons (Fsp3) is 0.375. The molecule has 0 aliphatic carbocycles. The number of aromatic nitrogens is 2. The van der Waals surface area contributed by atoms with E-state index in [0.29, 0.717) is 11.3 Å². The molecule has 0 saturated heterocycles. The Morgan fingerprint density at radius 2 is 1.90 bits per heavy atom. The molecule has 0 spiro atoms. The Morgan fingerprint density at radius 1 is 1.29 bits per heavy atom. The average Bonchev–Trinajstić information content (AvgIpc) is 2.75. The van der Waals surface area contributed by atoms with Gasteiger partial charge in [-0.2, -0.15) is 4.72 Å². The van der Waals surface area contributed by atoms with Crippen molar-refractivity contribution in [3.63, 3.8) is 0 Å². The first-order valence-electron chi connectivity index (χ1n) is 5.20. The summed E-state index contributed by atoms with van der Waals surface area (Å²) in [5.74, 6) is -3.62. The van der Waals surface area contributed by atoms with Crippen LogP contribution in [0.3, 0.4) is 0 Å². The summed E-state index contributed by atoms with van der Waals surface area (Å²) >= 11 is 0.496. The smallest absolute Gasteiger partial charge is 0.322 e. The monoisotopic (exact) mass is 338 g/mol. The molecular weight excluding hydrogens is 328 g/mol. The molecular formula is C8H10N4O7S2. The van der Waals surface area contributed by atoms with Crippen LogP contribution in [-0.4, -0.2) is 52.7 Å². The number of carboxylic acids is 2. The van der Waals surface area contributed by atoms with Crippen LogP contribution in [0.2, 0.25) is 0 Å². The molecule has 11 nitrogen and oxygen atoms in total. The first-order chi connectivity index (χ1) is 9.61. The van der Waals surface area contributed by atoms with Crippen LogP contribution in [-0.2, 0) is 24.4 Å². The quantitative estimate of drug-likeness (QED) is 0.440. The van der Waals surface area contributed by atoms with E-state index in [1.807, 2.05) is 0 Å². The summed E-state index contributed by atoms with van der Waals surface area (Å²) in [7, 11) is -4.37. The zero-order chi connectivity index (χ0) is 16.2. The molecule has 1 atom stereocenters. The second kappa shape index (κ2) is 6.55. The number of carbonyl (C=O) groups excluding carboxylic acids is 1. The minimum absolute atomic E-state index is 0.0898. The fourth-order valence-corrected chi connectivity index (χ4v) is 3.26. The number of sulfonamides is 1. The molecule has 1 aromatic rings. The predicted octanol–water partition coefficient (Wildman–Crippen LogP) is -1.30. The SMILES string of the molecule is CC(=O)Nc1nnc(S(=O)(=O)N[C@@H](CC(=O)O)C(=O)O)s1. The Balaban J connectivity index is 2.94. The first-order valence-corrected chi connectivity index (χ1v) is 7.50. The molecule has 4 N–H and O–H groups in total. The highest BCUT2D eigenvalue weighted by molar-refractivity contribution is 7.91. The lowest BCUT2D eigenvalue weighted by Crippen LogP contribution is -2.42. The topological polar surface area (TPSA) is 176 Å². The van der Waals surface area contributed by atoms with Gasteiger partial charge >= 0.3 is 11.9 Å². The molecule has 1 rings (SSSR count). The number of carbonyl (C=O) groups is 3. The lowest BCUT2D eigenvalue weighted by Gasteiger charge is -2.10. The van der Waals surface area contributed by atoms with E-state index >= 15 is 0 Å². The Morgan fingerprint density at radius 3 is 2.38 bits per heavy atom. The van der Waals surface area contributed by atoms with E-state index in [2.05, 4.69) is 15.5 Å². The number of aliphatic carboxylic acids is 2. The number of hydrogen-bond donors (Lipinski definition) is 4. The van der Waals surface area contributed by atoms with Crippen molar-refractivity contribution >= 4 is 44.3 Å². The van der Waals surface area contributed by atoms with Crippen molar-refractivity contribution in [3.05, 3.63) is 0 Å². The van der Waals surface area contributed by atoms with Gasteiger partial charge in [-0.1, -0.05) is 11.3 Å². The van der Waals surface area contributed by atoms with Gasteiger partial charge in [0.05, 0.1) is 6.42 Å². The molecule has 0 saturated carbocycles. The Kier molecular flexibility index (Phi) is 5.28. The predicted molar refractivity (Wildman–Crippen MR) is 68.2 cm³/mol. The maximum atomic E-state index is 11.9. The second-order valence-corrected chi connectivity index (χ2v) is 6.53. The lowest BCUT2D eigenvalue weighted by molar-refractivity contribution is -0.145. The Hall–Kier alpha value is -2.12. The summed E-state index contributed by atoms with van der Waals surface area (Å²) in [6.45, 7) is 1.18. The van der Waals surface area contributed by atoms with Crippen LogP contribution in [0.5, 0.6) is 0 Å². The highest BCUT2D eigenvalue weighted by Gasteiger charge is 2.30. The summed E-state index contributed by atoms with van der Waals surface area (Å²) in [4.78, 5) is 32.1. The van der Waals surface area contributed by atoms with E-state index in [0.717, 1.165) is 0 Å². The van der Waals surface area contributed by atoms with Crippen molar-refractivity contribution in [2.24, 2.45) is 0 Å². The summed E-state index contributed by atoms with van der Waals surface area (Å²) in [5.41, 5.74) is 0. The molecule has 0 bridgehead atoms. The number of hydrogen-bond acceptors (Lipinski definition) is 8. The normalized spacial score (nSPS) is 12.6. The summed E-state index contributed by atoms with van der Waals surface area (Å²) in [6, 6.07) is -1.85. The first kappa shape index (κ1) is 16.9. The maximum Gasteiger partial charge on any atom is 0.322 e. The molecule has 0 fully saturated rings. The van der Waals surface area contributed by atoms with Crippen LogP contribution in [0.25, 0.3) is 0 Å². The van der Waals surface area contributed by atoms with Gasteiger partial charge in [0.25, 0.3) is 10.0 Å². The number of nitrogens with zero attached hydrogens (tertiary/aromatic N) is 2. The Labute approximate surface area is 122 Å². The Bertz CT molecular complexity index is 668. The molecule has 0 aromatic carbocycles. The average molecular weight is 338 g/mol. The van der Waals surface area contributed by atoms with Gasteiger partial charge in [0, 0.05) is 6.92 Å². The molecule has 0 radical (unpaired) electrons. The molecule has 13 heteroatoms. The van der Waals surface area contributed by atoms with Gasteiger partial charge in [0.1, 0.15) is 6.04 Å². The molecule has 1 amide bonds. The van der Waals surface area contributed by atoms with Gasteiger partial charge in [0.15, 0.2) is 0 Å². The van der Waals surface area contributed by atoms with Crippen LogP contribution >= 0.6 is 11.3 Å². The molecule has 1 heterocycles. The van der Waals surface area contributed by atoms with E-state index in [1.165, 1.54) is 6.92 Å². The second-order valence-electron chi connectivity index (χ2n) is 3.66. The maximum absolute atomic E-state index is 11.9. The van der Waals surface area contributed by atoms with Gasteiger partial charge in [-0.25, -0.2) is 8.42 Å². The number of amides is 1. The van der Waals surface area contributed by atoms with Gasteiger partial charge in [-0.15, -0.1) is 10.2 Å². The third-order valence-corrected chi connectivity index (χ3v) is 4.57. The molecule has 0 unspecified atom stereocenters. The van der Waals surface area contributed by atoms with Crippen LogP contribution in [0, 0.1) is 0 Å². The molecule has 21 heavy (non-hydrogen) atoms. The van der Waals surface area contributed by atoms with E-state index in [9.17, 15) is 22.8 Å². The lowest BCUT2D eigenvalue weighted by atomic mass is 10.2. The highest BCUT2D eigenvalue weighted by atomic mass is 32.2.